The van der Waals surface area contributed by atoms with Crippen molar-refractivity contribution >= 4 is 5.97 Å². The Balaban J connectivity index is 1.29. The highest BCUT2D eigenvalue weighted by molar-refractivity contribution is 5.92. The van der Waals surface area contributed by atoms with Crippen LogP contribution in [0.1, 0.15) is 55.8 Å². The Labute approximate surface area is 255 Å². The van der Waals surface area contributed by atoms with Gasteiger partial charge in [0.25, 0.3) is 0 Å². The number of rotatable bonds is 11. The fraction of sp³-hybridized carbons (Fsp3) is 0.457. The minimum atomic E-state index is -0.487. The molecular weight excluding hydrogens is 548 g/mol. The summed E-state index contributed by atoms with van der Waals surface area (Å²) in [6.45, 7) is 6.38. The maximum Gasteiger partial charge on any atom is 0.343 e. The van der Waals surface area contributed by atoms with Crippen molar-refractivity contribution in [3.63, 3.8) is 0 Å². The molecule has 0 atom stereocenters. The van der Waals surface area contributed by atoms with E-state index in [0.29, 0.717) is 75.7 Å². The van der Waals surface area contributed by atoms with Gasteiger partial charge < -0.3 is 33.2 Å². The Morgan fingerprint density at radius 1 is 0.605 bits per heavy atom. The van der Waals surface area contributed by atoms with Gasteiger partial charge in [0.2, 0.25) is 0 Å². The molecule has 0 spiro atoms. The highest BCUT2D eigenvalue weighted by Crippen LogP contribution is 2.30. The van der Waals surface area contributed by atoms with Gasteiger partial charge in [-0.25, -0.2) is 4.79 Å². The standard InChI is InChI=1S/C35H44O8/c1-2-3-4-5-6-7-18-40-31-13-8-28(9-14-31)29-10-15-32(16-11-29)43-35(36)30-12-17-33-34(27-30)42-26-24-39-22-20-37-19-21-38-23-25-41-33/h8-17,27H,2-7,18-26H2,1H3. The van der Waals surface area contributed by atoms with Crippen LogP contribution in [0.25, 0.3) is 11.1 Å². The van der Waals surface area contributed by atoms with Crippen molar-refractivity contribution < 1.29 is 38.0 Å². The van der Waals surface area contributed by atoms with Gasteiger partial charge in [0.1, 0.15) is 24.7 Å². The highest BCUT2D eigenvalue weighted by atomic mass is 16.6. The normalized spacial score (nSPS) is 14.7. The van der Waals surface area contributed by atoms with Crippen LogP contribution in [0, 0.1) is 0 Å². The van der Waals surface area contributed by atoms with E-state index >= 15 is 0 Å². The average molecular weight is 593 g/mol. The predicted molar refractivity (Wildman–Crippen MR) is 166 cm³/mol. The molecule has 1 heterocycles. The lowest BCUT2D eigenvalue weighted by Gasteiger charge is -2.14. The molecular formula is C35H44O8. The molecule has 8 nitrogen and oxygen atoms in total. The largest absolute Gasteiger partial charge is 0.494 e. The number of fused-ring (bicyclic) bond motifs is 1. The van der Waals surface area contributed by atoms with E-state index in [1.54, 1.807) is 30.3 Å². The zero-order chi connectivity index (χ0) is 30.0. The molecule has 0 unspecified atom stereocenters. The molecule has 3 aromatic rings. The Bertz CT molecular complexity index is 1210. The maximum absolute atomic E-state index is 13.0. The van der Waals surface area contributed by atoms with Crippen molar-refractivity contribution in [3.8, 4) is 34.1 Å². The van der Waals surface area contributed by atoms with Crippen LogP contribution in [0.3, 0.4) is 0 Å². The number of esters is 1. The number of carbonyl (C=O) groups is 1. The monoisotopic (exact) mass is 592 g/mol. The van der Waals surface area contributed by atoms with E-state index in [1.165, 1.54) is 32.1 Å². The zero-order valence-corrected chi connectivity index (χ0v) is 25.2. The third-order valence-corrected chi connectivity index (χ3v) is 6.91. The van der Waals surface area contributed by atoms with Gasteiger partial charge in [-0.15, -0.1) is 0 Å². The lowest BCUT2D eigenvalue weighted by Crippen LogP contribution is -2.13. The molecule has 0 amide bonds. The van der Waals surface area contributed by atoms with Crippen LogP contribution in [-0.4, -0.2) is 65.4 Å². The Morgan fingerprint density at radius 2 is 1.14 bits per heavy atom. The third kappa shape index (κ3) is 11.5. The first-order valence-electron chi connectivity index (χ1n) is 15.4. The van der Waals surface area contributed by atoms with E-state index < -0.39 is 5.97 Å². The van der Waals surface area contributed by atoms with E-state index in [0.717, 1.165) is 29.9 Å². The Kier molecular flexibility index (Phi) is 14.2. The molecule has 4 rings (SSSR count). The van der Waals surface area contributed by atoms with Crippen LogP contribution in [0.15, 0.2) is 66.7 Å². The van der Waals surface area contributed by atoms with E-state index in [4.69, 9.17) is 33.2 Å². The second-order valence-electron chi connectivity index (χ2n) is 10.3. The van der Waals surface area contributed by atoms with Crippen LogP contribution in [0.4, 0.5) is 0 Å². The van der Waals surface area contributed by atoms with Gasteiger partial charge in [0, 0.05) is 0 Å². The van der Waals surface area contributed by atoms with Crippen LogP contribution >= 0.6 is 0 Å². The van der Waals surface area contributed by atoms with E-state index in [2.05, 4.69) is 6.92 Å². The molecule has 1 aliphatic heterocycles. The van der Waals surface area contributed by atoms with Crippen molar-refractivity contribution in [2.45, 2.75) is 45.4 Å². The summed E-state index contributed by atoms with van der Waals surface area (Å²) in [4.78, 5) is 13.0. The van der Waals surface area contributed by atoms with E-state index in [1.807, 2.05) is 36.4 Å². The second-order valence-corrected chi connectivity index (χ2v) is 10.3. The van der Waals surface area contributed by atoms with Gasteiger partial charge in [-0.1, -0.05) is 63.3 Å². The number of unbranched alkanes of at least 4 members (excludes halogenated alkanes) is 5. The molecule has 0 N–H and O–H groups in total. The molecule has 0 saturated carbocycles. The number of benzene rings is 3. The molecule has 0 fully saturated rings. The zero-order valence-electron chi connectivity index (χ0n) is 25.2. The van der Waals surface area contributed by atoms with Gasteiger partial charge >= 0.3 is 5.97 Å². The third-order valence-electron chi connectivity index (χ3n) is 6.91. The molecule has 0 saturated heterocycles. The second kappa shape index (κ2) is 18.8. The Morgan fingerprint density at radius 3 is 1.77 bits per heavy atom. The van der Waals surface area contributed by atoms with E-state index in [-0.39, 0.29) is 0 Å². The first kappa shape index (κ1) is 32.3. The first-order valence-corrected chi connectivity index (χ1v) is 15.4. The molecule has 1 aliphatic rings. The Hall–Kier alpha value is -3.59. The molecule has 3 aromatic carbocycles. The quantitative estimate of drug-likeness (QED) is 0.132. The molecule has 232 valence electrons. The van der Waals surface area contributed by atoms with Crippen molar-refractivity contribution in [3.05, 3.63) is 72.3 Å². The topological polar surface area (TPSA) is 81.7 Å². The highest BCUT2D eigenvalue weighted by Gasteiger charge is 2.15. The van der Waals surface area contributed by atoms with Gasteiger partial charge in [-0.2, -0.15) is 0 Å². The van der Waals surface area contributed by atoms with Gasteiger partial charge in [0.15, 0.2) is 11.5 Å². The van der Waals surface area contributed by atoms with Crippen molar-refractivity contribution in [1.82, 2.24) is 0 Å². The number of hydrogen-bond donors (Lipinski definition) is 0. The van der Waals surface area contributed by atoms with Gasteiger partial charge in [-0.3, -0.25) is 0 Å². The fourth-order valence-corrected chi connectivity index (χ4v) is 4.53. The molecule has 0 bridgehead atoms. The van der Waals surface area contributed by atoms with Gasteiger partial charge in [-0.05, 0) is 60.0 Å². The number of hydrogen-bond acceptors (Lipinski definition) is 8. The summed E-state index contributed by atoms with van der Waals surface area (Å²) in [6.07, 6.45) is 7.47. The van der Waals surface area contributed by atoms with Gasteiger partial charge in [0.05, 0.1) is 51.8 Å². The molecule has 43 heavy (non-hydrogen) atoms. The first-order chi connectivity index (χ1) is 21.2. The van der Waals surface area contributed by atoms with Crippen molar-refractivity contribution in [2.24, 2.45) is 0 Å². The predicted octanol–water partition coefficient (Wildman–Crippen LogP) is 7.13. The summed E-state index contributed by atoms with van der Waals surface area (Å²) >= 11 is 0. The maximum atomic E-state index is 13.0. The molecule has 0 radical (unpaired) electrons. The summed E-state index contributed by atoms with van der Waals surface area (Å²) in [6, 6.07) is 20.5. The smallest absolute Gasteiger partial charge is 0.343 e. The SMILES string of the molecule is CCCCCCCCOc1ccc(-c2ccc(OC(=O)c3ccc4c(c3)OCCOCCOCCOCCO4)cc2)cc1. The number of ether oxygens (including phenoxy) is 7. The van der Waals surface area contributed by atoms with Crippen LogP contribution in [-0.2, 0) is 14.2 Å². The molecule has 0 aromatic heterocycles. The van der Waals surface area contributed by atoms with Crippen LogP contribution in [0.5, 0.6) is 23.0 Å². The van der Waals surface area contributed by atoms with Crippen LogP contribution in [0.2, 0.25) is 0 Å². The fourth-order valence-electron chi connectivity index (χ4n) is 4.53. The lowest BCUT2D eigenvalue weighted by molar-refractivity contribution is 0.00708. The minimum Gasteiger partial charge on any atom is -0.494 e. The molecule has 8 heteroatoms. The summed E-state index contributed by atoms with van der Waals surface area (Å²) in [7, 11) is 0. The lowest BCUT2D eigenvalue weighted by atomic mass is 10.1. The summed E-state index contributed by atoms with van der Waals surface area (Å²) in [5.41, 5.74) is 2.43. The van der Waals surface area contributed by atoms with Crippen molar-refractivity contribution in [2.75, 3.05) is 59.5 Å². The summed E-state index contributed by atoms with van der Waals surface area (Å²) in [5, 5.41) is 0. The number of carbonyl (C=O) groups excluding carboxylic acids is 1. The summed E-state index contributed by atoms with van der Waals surface area (Å²) in [5.74, 6) is 1.81. The summed E-state index contributed by atoms with van der Waals surface area (Å²) < 4.78 is 39.7. The minimum absolute atomic E-state index is 0.305. The van der Waals surface area contributed by atoms with Crippen molar-refractivity contribution in [1.29, 1.82) is 0 Å². The average Bonchev–Trinajstić information content (AvgIpc) is 3.04. The van der Waals surface area contributed by atoms with E-state index in [9.17, 15) is 4.79 Å². The van der Waals surface area contributed by atoms with Crippen LogP contribution < -0.4 is 18.9 Å². The molecule has 0 aliphatic carbocycles.